The van der Waals surface area contributed by atoms with Gasteiger partial charge in [-0.3, -0.25) is 14.6 Å². The molecule has 1 aromatic rings. The van der Waals surface area contributed by atoms with Crippen LogP contribution in [0.3, 0.4) is 0 Å². The standard InChI is InChI=1S/C6H7F3N2O2.Na/c1-11-5(13)3(2-12)4(10-11)6(7,8)9;/h10,12H,2H2,1H3;. The fourth-order valence-electron chi connectivity index (χ4n) is 0.976. The Bertz CT molecular complexity index is 368. The van der Waals surface area contributed by atoms with Crippen LogP contribution in [0.1, 0.15) is 11.3 Å². The minimum atomic E-state index is -4.64. The van der Waals surface area contributed by atoms with Crippen LogP contribution in [-0.4, -0.2) is 44.4 Å². The van der Waals surface area contributed by atoms with E-state index in [1.165, 1.54) is 0 Å². The Kier molecular flexibility index (Phi) is 4.44. The van der Waals surface area contributed by atoms with E-state index in [0.717, 1.165) is 7.05 Å². The molecule has 1 radical (unpaired) electrons. The van der Waals surface area contributed by atoms with Crippen LogP contribution in [-0.2, 0) is 19.8 Å². The molecule has 0 aliphatic rings. The first-order valence-electron chi connectivity index (χ1n) is 3.34. The third-order valence-electron chi connectivity index (χ3n) is 1.59. The van der Waals surface area contributed by atoms with Crippen molar-refractivity contribution in [3.05, 3.63) is 21.6 Å². The molecule has 0 saturated heterocycles. The molecule has 0 amide bonds. The van der Waals surface area contributed by atoms with Gasteiger partial charge in [-0.1, -0.05) is 0 Å². The number of hydrogen-bond acceptors (Lipinski definition) is 2. The second kappa shape index (κ2) is 4.52. The van der Waals surface area contributed by atoms with E-state index in [2.05, 4.69) is 0 Å². The van der Waals surface area contributed by atoms with E-state index >= 15 is 0 Å². The van der Waals surface area contributed by atoms with Gasteiger partial charge in [-0.05, 0) is 0 Å². The molecule has 0 aromatic carbocycles. The Morgan fingerprint density at radius 3 is 2.29 bits per heavy atom. The van der Waals surface area contributed by atoms with E-state index in [1.54, 1.807) is 0 Å². The predicted molar refractivity (Wildman–Crippen MR) is 42.7 cm³/mol. The third kappa shape index (κ3) is 2.41. The minimum Gasteiger partial charge on any atom is -0.391 e. The zero-order valence-corrected chi connectivity index (χ0v) is 9.64. The van der Waals surface area contributed by atoms with Gasteiger partial charge in [-0.25, -0.2) is 0 Å². The van der Waals surface area contributed by atoms with Gasteiger partial charge in [0, 0.05) is 36.6 Å². The zero-order chi connectivity index (χ0) is 10.2. The molecule has 1 rings (SSSR count). The number of H-pyrrole nitrogens is 1. The molecule has 75 valence electrons. The SMILES string of the molecule is Cn1[nH]c(C(F)(F)F)c(CO)c1=O.[Na]. The van der Waals surface area contributed by atoms with E-state index in [1.807, 2.05) is 5.10 Å². The van der Waals surface area contributed by atoms with Crippen molar-refractivity contribution < 1.29 is 18.3 Å². The minimum absolute atomic E-state index is 0. The fraction of sp³-hybridized carbons (Fsp3) is 0.500. The number of aromatic nitrogens is 2. The second-order valence-corrected chi connectivity index (χ2v) is 2.49. The van der Waals surface area contributed by atoms with Crippen LogP contribution in [0, 0.1) is 0 Å². The molecule has 0 unspecified atom stereocenters. The number of aliphatic hydroxyl groups is 1. The van der Waals surface area contributed by atoms with Crippen LogP contribution < -0.4 is 5.56 Å². The maximum absolute atomic E-state index is 12.1. The molecule has 1 heterocycles. The quantitative estimate of drug-likeness (QED) is 0.645. The first-order valence-corrected chi connectivity index (χ1v) is 3.34. The van der Waals surface area contributed by atoms with Crippen molar-refractivity contribution in [2.75, 3.05) is 0 Å². The monoisotopic (exact) mass is 219 g/mol. The van der Waals surface area contributed by atoms with Crippen molar-refractivity contribution in [1.82, 2.24) is 9.78 Å². The number of nitrogens with one attached hydrogen (secondary N) is 1. The molecule has 0 aliphatic carbocycles. The average molecular weight is 219 g/mol. The second-order valence-electron chi connectivity index (χ2n) is 2.49. The topological polar surface area (TPSA) is 58.0 Å². The number of hydrogen-bond donors (Lipinski definition) is 2. The molecule has 8 heteroatoms. The molecular formula is C6H7F3N2NaO2. The summed E-state index contributed by atoms with van der Waals surface area (Å²) in [6.45, 7) is -0.926. The molecule has 1 aromatic heterocycles. The first kappa shape index (κ1) is 13.8. The summed E-state index contributed by atoms with van der Waals surface area (Å²) in [6, 6.07) is 0. The molecule has 14 heavy (non-hydrogen) atoms. The average Bonchev–Trinajstić information content (AvgIpc) is 2.28. The van der Waals surface area contributed by atoms with Crippen molar-refractivity contribution in [1.29, 1.82) is 0 Å². The van der Waals surface area contributed by atoms with Gasteiger partial charge in [0.25, 0.3) is 5.56 Å². The maximum Gasteiger partial charge on any atom is 0.433 e. The van der Waals surface area contributed by atoms with Gasteiger partial charge in [0.15, 0.2) is 0 Å². The van der Waals surface area contributed by atoms with Crippen LogP contribution in [0.2, 0.25) is 0 Å². The van der Waals surface area contributed by atoms with Crippen LogP contribution in [0.4, 0.5) is 13.2 Å². The maximum atomic E-state index is 12.1. The van der Waals surface area contributed by atoms with E-state index < -0.39 is 29.6 Å². The van der Waals surface area contributed by atoms with Gasteiger partial charge in [-0.15, -0.1) is 0 Å². The van der Waals surface area contributed by atoms with Crippen molar-refractivity contribution >= 4 is 29.6 Å². The normalized spacial score (nSPS) is 11.2. The number of aryl methyl sites for hydroxylation is 1. The Morgan fingerprint density at radius 1 is 1.50 bits per heavy atom. The molecular weight excluding hydrogens is 212 g/mol. The van der Waals surface area contributed by atoms with E-state index in [0.29, 0.717) is 4.68 Å². The Morgan fingerprint density at radius 2 is 2.00 bits per heavy atom. The van der Waals surface area contributed by atoms with E-state index in [-0.39, 0.29) is 29.6 Å². The predicted octanol–water partition coefficient (Wildman–Crippen LogP) is -0.156. The molecule has 0 bridgehead atoms. The van der Waals surface area contributed by atoms with Gasteiger partial charge in [0.05, 0.1) is 12.2 Å². The van der Waals surface area contributed by atoms with Gasteiger partial charge < -0.3 is 5.11 Å². The molecule has 0 atom stereocenters. The molecule has 0 saturated carbocycles. The first-order chi connectivity index (χ1) is 5.88. The molecule has 2 N–H and O–H groups in total. The third-order valence-corrected chi connectivity index (χ3v) is 1.59. The fourth-order valence-corrected chi connectivity index (χ4v) is 0.976. The van der Waals surface area contributed by atoms with Crippen LogP contribution in [0.25, 0.3) is 0 Å². The summed E-state index contributed by atoms with van der Waals surface area (Å²) >= 11 is 0. The number of aliphatic hydroxyl groups excluding tert-OH is 1. The van der Waals surface area contributed by atoms with Crippen molar-refractivity contribution in [3.63, 3.8) is 0 Å². The Hall–Kier alpha value is -0.240. The number of aromatic amines is 1. The summed E-state index contributed by atoms with van der Waals surface area (Å²) < 4.78 is 37.1. The van der Waals surface area contributed by atoms with Gasteiger partial charge in [0.2, 0.25) is 0 Å². The van der Waals surface area contributed by atoms with Gasteiger partial charge in [0.1, 0.15) is 5.69 Å². The van der Waals surface area contributed by atoms with E-state index in [4.69, 9.17) is 5.11 Å². The molecule has 0 spiro atoms. The smallest absolute Gasteiger partial charge is 0.391 e. The van der Waals surface area contributed by atoms with Crippen molar-refractivity contribution in [3.8, 4) is 0 Å². The van der Waals surface area contributed by atoms with Crippen molar-refractivity contribution in [2.24, 2.45) is 7.05 Å². The summed E-state index contributed by atoms with van der Waals surface area (Å²) in [4.78, 5) is 10.9. The number of rotatable bonds is 1. The summed E-state index contributed by atoms with van der Waals surface area (Å²) in [7, 11) is 1.15. The Balaban J connectivity index is 0.00000169. The zero-order valence-electron chi connectivity index (χ0n) is 7.64. The van der Waals surface area contributed by atoms with Gasteiger partial charge in [-0.2, -0.15) is 13.2 Å². The number of alkyl halides is 3. The molecule has 4 nitrogen and oxygen atoms in total. The van der Waals surface area contributed by atoms with Crippen LogP contribution >= 0.6 is 0 Å². The summed E-state index contributed by atoms with van der Waals surface area (Å²) in [5.74, 6) is 0. The summed E-state index contributed by atoms with van der Waals surface area (Å²) in [5, 5.41) is 10.4. The summed E-state index contributed by atoms with van der Waals surface area (Å²) in [6.07, 6.45) is -4.64. The largest absolute Gasteiger partial charge is 0.433 e. The molecule has 0 aliphatic heterocycles. The van der Waals surface area contributed by atoms with Gasteiger partial charge >= 0.3 is 6.18 Å². The number of nitrogens with zero attached hydrogens (tertiary/aromatic N) is 1. The number of halogens is 3. The van der Waals surface area contributed by atoms with E-state index in [9.17, 15) is 18.0 Å². The van der Waals surface area contributed by atoms with Crippen LogP contribution in [0.15, 0.2) is 4.79 Å². The van der Waals surface area contributed by atoms with Crippen molar-refractivity contribution in [2.45, 2.75) is 12.8 Å². The molecule has 0 fully saturated rings. The Labute approximate surface area is 99.0 Å². The van der Waals surface area contributed by atoms with Crippen LogP contribution in [0.5, 0.6) is 0 Å². The summed E-state index contributed by atoms with van der Waals surface area (Å²) in [5.41, 5.74) is -2.72.